The molecule has 0 aromatic heterocycles. The molecule has 98 valence electrons. The van der Waals surface area contributed by atoms with Crippen LogP contribution >= 0.6 is 0 Å². The number of hydrogen-bond donors (Lipinski definition) is 1. The van der Waals surface area contributed by atoms with E-state index in [9.17, 15) is 4.79 Å². The lowest BCUT2D eigenvalue weighted by Crippen LogP contribution is -2.51. The maximum Gasteiger partial charge on any atom is 0.239 e. The van der Waals surface area contributed by atoms with Gasteiger partial charge in [-0.1, -0.05) is 20.3 Å². The Hall–Kier alpha value is -0.570. The minimum Gasteiger partial charge on any atom is -0.341 e. The minimum absolute atomic E-state index is 0.190. The van der Waals surface area contributed by atoms with Crippen molar-refractivity contribution in [2.45, 2.75) is 52.0 Å². The van der Waals surface area contributed by atoms with E-state index >= 15 is 0 Å². The number of piperidine rings is 1. The molecule has 17 heavy (non-hydrogen) atoms. The van der Waals surface area contributed by atoms with E-state index in [1.807, 2.05) is 4.90 Å². The van der Waals surface area contributed by atoms with Crippen LogP contribution in [-0.4, -0.2) is 29.9 Å². The molecule has 2 aliphatic rings. The Morgan fingerprint density at radius 1 is 1.29 bits per heavy atom. The Labute approximate surface area is 105 Å². The zero-order valence-corrected chi connectivity index (χ0v) is 11.2. The highest BCUT2D eigenvalue weighted by molar-refractivity contribution is 5.81. The number of rotatable bonds is 3. The number of likely N-dealkylation sites (tertiary alicyclic amines) is 1. The van der Waals surface area contributed by atoms with Gasteiger partial charge in [0, 0.05) is 13.1 Å². The van der Waals surface area contributed by atoms with E-state index in [1.54, 1.807) is 0 Å². The third kappa shape index (κ3) is 3.21. The van der Waals surface area contributed by atoms with Crippen molar-refractivity contribution in [2.24, 2.45) is 23.5 Å². The zero-order valence-electron chi connectivity index (χ0n) is 11.2. The lowest BCUT2D eigenvalue weighted by Gasteiger charge is -2.42. The maximum absolute atomic E-state index is 12.3. The van der Waals surface area contributed by atoms with Gasteiger partial charge in [0.2, 0.25) is 5.91 Å². The molecule has 3 atom stereocenters. The van der Waals surface area contributed by atoms with E-state index in [1.165, 1.54) is 25.7 Å². The molecule has 0 radical (unpaired) electrons. The molecule has 1 saturated heterocycles. The second-order valence-corrected chi connectivity index (χ2v) is 6.38. The highest BCUT2D eigenvalue weighted by Gasteiger charge is 2.34. The summed E-state index contributed by atoms with van der Waals surface area (Å²) < 4.78 is 0. The number of carbonyl (C=O) groups excluding carboxylic acids is 1. The van der Waals surface area contributed by atoms with Crippen LogP contribution in [0, 0.1) is 17.8 Å². The van der Waals surface area contributed by atoms with Crippen LogP contribution in [0.25, 0.3) is 0 Å². The Balaban J connectivity index is 1.91. The van der Waals surface area contributed by atoms with Crippen LogP contribution < -0.4 is 5.73 Å². The number of carbonyl (C=O) groups is 1. The SMILES string of the molecule is CC(C)C[C@@H](N)C(=O)N1CC2CCCC(C2)C1. The first-order valence-corrected chi connectivity index (χ1v) is 7.10. The summed E-state index contributed by atoms with van der Waals surface area (Å²) in [5.74, 6) is 2.18. The molecule has 1 aliphatic carbocycles. The van der Waals surface area contributed by atoms with Gasteiger partial charge < -0.3 is 10.6 Å². The van der Waals surface area contributed by atoms with E-state index in [0.29, 0.717) is 5.92 Å². The summed E-state index contributed by atoms with van der Waals surface area (Å²) in [5, 5.41) is 0. The fourth-order valence-electron chi connectivity index (χ4n) is 3.45. The molecule has 2 rings (SSSR count). The fraction of sp³-hybridized carbons (Fsp3) is 0.929. The number of fused-ring (bicyclic) bond motifs is 2. The van der Waals surface area contributed by atoms with Crippen molar-refractivity contribution in [3.8, 4) is 0 Å². The first kappa shape index (κ1) is 12.9. The summed E-state index contributed by atoms with van der Waals surface area (Å²) in [7, 11) is 0. The topological polar surface area (TPSA) is 46.3 Å². The lowest BCUT2D eigenvalue weighted by atomic mass is 9.78. The maximum atomic E-state index is 12.3. The highest BCUT2D eigenvalue weighted by Crippen LogP contribution is 2.34. The average molecular weight is 238 g/mol. The summed E-state index contributed by atoms with van der Waals surface area (Å²) in [5.41, 5.74) is 6.01. The van der Waals surface area contributed by atoms with Crippen LogP contribution in [0.5, 0.6) is 0 Å². The van der Waals surface area contributed by atoms with Gasteiger partial charge in [0.15, 0.2) is 0 Å². The van der Waals surface area contributed by atoms with Gasteiger partial charge >= 0.3 is 0 Å². The van der Waals surface area contributed by atoms with Gasteiger partial charge in [-0.3, -0.25) is 4.79 Å². The standard InChI is InChI=1S/C14H26N2O/c1-10(2)6-13(15)14(17)16-8-11-4-3-5-12(7-11)9-16/h10-13H,3-9,15H2,1-2H3/t11?,12?,13-/m1/s1. The number of hydrogen-bond acceptors (Lipinski definition) is 2. The van der Waals surface area contributed by atoms with Crippen LogP contribution in [0.15, 0.2) is 0 Å². The van der Waals surface area contributed by atoms with Crippen molar-refractivity contribution < 1.29 is 4.79 Å². The monoisotopic (exact) mass is 238 g/mol. The molecule has 0 aromatic carbocycles. The number of amides is 1. The quantitative estimate of drug-likeness (QED) is 0.817. The molecular weight excluding hydrogens is 212 g/mol. The molecule has 0 spiro atoms. The van der Waals surface area contributed by atoms with Crippen LogP contribution in [-0.2, 0) is 4.79 Å². The predicted molar refractivity (Wildman–Crippen MR) is 69.5 cm³/mol. The van der Waals surface area contributed by atoms with Gasteiger partial charge in [-0.25, -0.2) is 0 Å². The van der Waals surface area contributed by atoms with Crippen molar-refractivity contribution in [1.82, 2.24) is 4.90 Å². The molecule has 2 fully saturated rings. The summed E-state index contributed by atoms with van der Waals surface area (Å²) >= 11 is 0. The van der Waals surface area contributed by atoms with E-state index in [0.717, 1.165) is 31.3 Å². The smallest absolute Gasteiger partial charge is 0.239 e. The largest absolute Gasteiger partial charge is 0.341 e. The van der Waals surface area contributed by atoms with E-state index in [4.69, 9.17) is 5.73 Å². The zero-order chi connectivity index (χ0) is 12.4. The van der Waals surface area contributed by atoms with E-state index in [-0.39, 0.29) is 11.9 Å². The van der Waals surface area contributed by atoms with Crippen molar-refractivity contribution >= 4 is 5.91 Å². The lowest BCUT2D eigenvalue weighted by molar-refractivity contribution is -0.136. The number of nitrogens with two attached hydrogens (primary N) is 1. The van der Waals surface area contributed by atoms with Gasteiger partial charge in [0.1, 0.15) is 0 Å². The summed E-state index contributed by atoms with van der Waals surface area (Å²) in [6, 6.07) is -0.283. The molecule has 1 aliphatic heterocycles. The molecule has 0 aromatic rings. The Morgan fingerprint density at radius 3 is 2.41 bits per heavy atom. The molecular formula is C14H26N2O. The normalized spacial score (nSPS) is 30.5. The molecule has 1 saturated carbocycles. The fourth-order valence-corrected chi connectivity index (χ4v) is 3.45. The molecule has 3 nitrogen and oxygen atoms in total. The second-order valence-electron chi connectivity index (χ2n) is 6.38. The van der Waals surface area contributed by atoms with Crippen molar-refractivity contribution in [3.05, 3.63) is 0 Å². The Morgan fingerprint density at radius 2 is 1.88 bits per heavy atom. The summed E-state index contributed by atoms with van der Waals surface area (Å²) in [6.45, 7) is 6.17. The van der Waals surface area contributed by atoms with E-state index in [2.05, 4.69) is 13.8 Å². The first-order valence-electron chi connectivity index (χ1n) is 7.10. The van der Waals surface area contributed by atoms with Gasteiger partial charge in [0.25, 0.3) is 0 Å². The summed E-state index contributed by atoms with van der Waals surface area (Å²) in [6.07, 6.45) is 6.11. The van der Waals surface area contributed by atoms with Crippen molar-refractivity contribution in [3.63, 3.8) is 0 Å². The van der Waals surface area contributed by atoms with Crippen LogP contribution in [0.1, 0.15) is 46.0 Å². The van der Waals surface area contributed by atoms with Gasteiger partial charge in [0.05, 0.1) is 6.04 Å². The van der Waals surface area contributed by atoms with Crippen molar-refractivity contribution in [2.75, 3.05) is 13.1 Å². The molecule has 1 heterocycles. The van der Waals surface area contributed by atoms with Gasteiger partial charge in [-0.15, -0.1) is 0 Å². The van der Waals surface area contributed by atoms with Gasteiger partial charge in [-0.2, -0.15) is 0 Å². The average Bonchev–Trinajstić information content (AvgIpc) is 2.26. The number of nitrogens with zero attached hydrogens (tertiary/aromatic N) is 1. The van der Waals surface area contributed by atoms with Crippen LogP contribution in [0.2, 0.25) is 0 Å². The highest BCUT2D eigenvalue weighted by atomic mass is 16.2. The Kier molecular flexibility index (Phi) is 4.08. The molecule has 2 N–H and O–H groups in total. The van der Waals surface area contributed by atoms with E-state index < -0.39 is 0 Å². The van der Waals surface area contributed by atoms with Crippen LogP contribution in [0.3, 0.4) is 0 Å². The second kappa shape index (κ2) is 5.38. The van der Waals surface area contributed by atoms with Crippen LogP contribution in [0.4, 0.5) is 0 Å². The minimum atomic E-state index is -0.283. The Bertz CT molecular complexity index is 265. The molecule has 3 heteroatoms. The molecule has 2 bridgehead atoms. The third-order valence-corrected chi connectivity index (χ3v) is 4.20. The molecule has 1 amide bonds. The van der Waals surface area contributed by atoms with Gasteiger partial charge in [-0.05, 0) is 43.4 Å². The molecule has 2 unspecified atom stereocenters. The van der Waals surface area contributed by atoms with Crippen molar-refractivity contribution in [1.29, 1.82) is 0 Å². The third-order valence-electron chi connectivity index (χ3n) is 4.20. The summed E-state index contributed by atoms with van der Waals surface area (Å²) in [4.78, 5) is 14.3. The first-order chi connectivity index (χ1) is 8.06. The predicted octanol–water partition coefficient (Wildman–Crippen LogP) is 2.01.